The van der Waals surface area contributed by atoms with E-state index in [4.69, 9.17) is 10.2 Å². The van der Waals surface area contributed by atoms with Crippen molar-refractivity contribution in [3.05, 3.63) is 29.8 Å². The van der Waals surface area contributed by atoms with Crippen LogP contribution < -0.4 is 5.73 Å². The molecule has 0 fully saturated rings. The second-order valence-electron chi connectivity index (χ2n) is 4.04. The van der Waals surface area contributed by atoms with Gasteiger partial charge in [-0.1, -0.05) is 0 Å². The van der Waals surface area contributed by atoms with Crippen LogP contribution in [0.15, 0.2) is 27.8 Å². The molecule has 0 spiro atoms. The number of H-pyrrole nitrogens is 1. The lowest BCUT2D eigenvalue weighted by atomic mass is 10.2. The Morgan fingerprint density at radius 3 is 3.06 bits per heavy atom. The first kappa shape index (κ1) is 11.3. The molecule has 8 heteroatoms. The summed E-state index contributed by atoms with van der Waals surface area (Å²) >= 11 is 0. The summed E-state index contributed by atoms with van der Waals surface area (Å²) in [6.07, 6.45) is 2.09. The van der Waals surface area contributed by atoms with E-state index in [0.29, 0.717) is 18.7 Å². The van der Waals surface area contributed by atoms with Gasteiger partial charge < -0.3 is 15.1 Å². The molecule has 2 aromatic heterocycles. The zero-order valence-electron chi connectivity index (χ0n) is 9.46. The number of hydrogen-bond acceptors (Lipinski definition) is 5. The fourth-order valence-corrected chi connectivity index (χ4v) is 3.38. The van der Waals surface area contributed by atoms with Crippen LogP contribution in [0, 0.1) is 0 Å². The first-order valence-electron chi connectivity index (χ1n) is 5.45. The van der Waals surface area contributed by atoms with Crippen molar-refractivity contribution >= 4 is 16.0 Å². The Kier molecular flexibility index (Phi) is 2.42. The highest BCUT2D eigenvalue weighted by molar-refractivity contribution is 7.89. The minimum atomic E-state index is -3.50. The van der Waals surface area contributed by atoms with Gasteiger partial charge in [-0.3, -0.25) is 0 Å². The lowest BCUT2D eigenvalue weighted by Gasteiger charge is -2.23. The topological polar surface area (TPSA) is 105 Å². The summed E-state index contributed by atoms with van der Waals surface area (Å²) in [6.45, 7) is 0.543. The van der Waals surface area contributed by atoms with Crippen LogP contribution in [0.2, 0.25) is 0 Å². The van der Waals surface area contributed by atoms with E-state index >= 15 is 0 Å². The molecule has 0 atom stereocenters. The molecular formula is C10H12N4O3S. The summed E-state index contributed by atoms with van der Waals surface area (Å²) in [7, 11) is -3.50. The second-order valence-corrected chi connectivity index (χ2v) is 5.95. The second kappa shape index (κ2) is 3.85. The third-order valence-electron chi connectivity index (χ3n) is 2.90. The zero-order valence-corrected chi connectivity index (χ0v) is 10.3. The van der Waals surface area contributed by atoms with Crippen molar-refractivity contribution in [1.82, 2.24) is 14.3 Å². The molecule has 2 aromatic rings. The van der Waals surface area contributed by atoms with Crippen molar-refractivity contribution < 1.29 is 12.8 Å². The number of fused-ring (bicyclic) bond motifs is 1. The fourth-order valence-electron chi connectivity index (χ4n) is 2.01. The summed E-state index contributed by atoms with van der Waals surface area (Å²) in [5.41, 5.74) is 6.20. The fraction of sp³-hybridized carbons (Fsp3) is 0.300. The van der Waals surface area contributed by atoms with E-state index in [1.54, 1.807) is 12.3 Å². The summed E-state index contributed by atoms with van der Waals surface area (Å²) < 4.78 is 31.1. The lowest BCUT2D eigenvalue weighted by molar-refractivity contribution is 0.345. The van der Waals surface area contributed by atoms with Crippen LogP contribution in [-0.4, -0.2) is 29.2 Å². The monoisotopic (exact) mass is 268 g/mol. The molecule has 18 heavy (non-hydrogen) atoms. The Labute approximate surface area is 104 Å². The van der Waals surface area contributed by atoms with E-state index in [1.807, 2.05) is 0 Å². The Morgan fingerprint density at radius 1 is 1.50 bits per heavy atom. The average Bonchev–Trinajstić information content (AvgIpc) is 2.95. The molecule has 3 rings (SSSR count). The van der Waals surface area contributed by atoms with Gasteiger partial charge in [0.25, 0.3) is 16.0 Å². The largest absolute Gasteiger partial charge is 0.427 e. The first-order valence-corrected chi connectivity index (χ1v) is 6.89. The molecule has 0 aliphatic carbocycles. The number of sulfonamides is 1. The lowest BCUT2D eigenvalue weighted by Crippen LogP contribution is -2.35. The van der Waals surface area contributed by atoms with Crippen molar-refractivity contribution in [2.24, 2.45) is 0 Å². The van der Waals surface area contributed by atoms with Crippen molar-refractivity contribution in [3.63, 3.8) is 0 Å². The minimum Gasteiger partial charge on any atom is -0.427 e. The Balaban J connectivity index is 1.92. The van der Waals surface area contributed by atoms with Crippen LogP contribution in [0.1, 0.15) is 11.5 Å². The number of nitrogens with two attached hydrogens (primary N) is 1. The van der Waals surface area contributed by atoms with E-state index < -0.39 is 10.0 Å². The normalized spacial score (nSPS) is 16.7. The quantitative estimate of drug-likeness (QED) is 0.816. The van der Waals surface area contributed by atoms with Gasteiger partial charge in [-0.05, 0) is 12.1 Å². The van der Waals surface area contributed by atoms with E-state index in [2.05, 4.69) is 9.97 Å². The summed E-state index contributed by atoms with van der Waals surface area (Å²) in [4.78, 5) is 6.72. The van der Waals surface area contributed by atoms with Gasteiger partial charge in [0, 0.05) is 19.2 Å². The van der Waals surface area contributed by atoms with Crippen LogP contribution in [0.3, 0.4) is 0 Å². The smallest absolute Gasteiger partial charge is 0.292 e. The van der Waals surface area contributed by atoms with Crippen molar-refractivity contribution in [2.45, 2.75) is 18.0 Å². The molecule has 0 saturated carbocycles. The minimum absolute atomic E-state index is 0.0825. The molecule has 0 amide bonds. The molecule has 1 aliphatic heterocycles. The van der Waals surface area contributed by atoms with Crippen molar-refractivity contribution in [1.29, 1.82) is 0 Å². The number of aromatic nitrogens is 2. The molecule has 0 aromatic carbocycles. The maximum Gasteiger partial charge on any atom is 0.292 e. The van der Waals surface area contributed by atoms with Gasteiger partial charge in [0.2, 0.25) is 0 Å². The van der Waals surface area contributed by atoms with Crippen LogP contribution in [0.25, 0.3) is 0 Å². The highest BCUT2D eigenvalue weighted by Gasteiger charge is 2.31. The molecule has 3 N–H and O–H groups in total. The molecule has 0 saturated heterocycles. The van der Waals surface area contributed by atoms with Gasteiger partial charge in [-0.2, -0.15) is 9.29 Å². The predicted octanol–water partition coefficient (Wildman–Crippen LogP) is 0.332. The number of oxazole rings is 1. The molecule has 96 valence electrons. The van der Waals surface area contributed by atoms with E-state index in [-0.39, 0.29) is 17.6 Å². The number of nitrogens with zero attached hydrogens (tertiary/aromatic N) is 2. The number of nitrogen functional groups attached to an aromatic ring is 1. The summed E-state index contributed by atoms with van der Waals surface area (Å²) in [5.74, 6) is 0.522. The molecule has 0 radical (unpaired) electrons. The van der Waals surface area contributed by atoms with Crippen LogP contribution in [0.4, 0.5) is 6.01 Å². The van der Waals surface area contributed by atoms with Gasteiger partial charge in [-0.15, -0.1) is 0 Å². The van der Waals surface area contributed by atoms with Gasteiger partial charge in [0.1, 0.15) is 10.8 Å². The molecule has 0 unspecified atom stereocenters. The average molecular weight is 268 g/mol. The maximum absolute atomic E-state index is 12.3. The summed E-state index contributed by atoms with van der Waals surface area (Å²) in [6, 6.07) is 3.26. The third kappa shape index (κ3) is 1.70. The maximum atomic E-state index is 12.3. The molecule has 3 heterocycles. The molecule has 0 bridgehead atoms. The first-order chi connectivity index (χ1) is 8.57. The van der Waals surface area contributed by atoms with Crippen LogP contribution in [0.5, 0.6) is 0 Å². The van der Waals surface area contributed by atoms with E-state index in [0.717, 1.165) is 5.69 Å². The Morgan fingerprint density at radius 2 is 2.33 bits per heavy atom. The molecule has 1 aliphatic rings. The highest BCUT2D eigenvalue weighted by atomic mass is 32.2. The van der Waals surface area contributed by atoms with Gasteiger partial charge in [-0.25, -0.2) is 8.42 Å². The molecular weight excluding hydrogens is 256 g/mol. The highest BCUT2D eigenvalue weighted by Crippen LogP contribution is 2.25. The number of hydrogen-bond donors (Lipinski definition) is 2. The number of aromatic amines is 1. The van der Waals surface area contributed by atoms with Gasteiger partial charge in [0.15, 0.2) is 0 Å². The Bertz CT molecular complexity index is 659. The Hall–Kier alpha value is -1.80. The summed E-state index contributed by atoms with van der Waals surface area (Å²) in [5, 5.41) is 0.179. The standard InChI is InChI=1S/C10H12N4O3S/c11-10-13-7-3-5-14(6-8(7)17-10)18(15,16)9-2-1-4-12-9/h1-2,4,12H,3,5-6H2,(H2,11,13). The van der Waals surface area contributed by atoms with Gasteiger partial charge in [0.05, 0.1) is 12.2 Å². The third-order valence-corrected chi connectivity index (χ3v) is 4.70. The van der Waals surface area contributed by atoms with Gasteiger partial charge >= 0.3 is 0 Å². The van der Waals surface area contributed by atoms with Crippen LogP contribution in [-0.2, 0) is 23.0 Å². The van der Waals surface area contributed by atoms with Crippen molar-refractivity contribution in [2.75, 3.05) is 12.3 Å². The number of rotatable bonds is 2. The number of nitrogens with one attached hydrogen (secondary N) is 1. The number of anilines is 1. The zero-order chi connectivity index (χ0) is 12.8. The predicted molar refractivity (Wildman–Crippen MR) is 63.0 cm³/mol. The van der Waals surface area contributed by atoms with Crippen LogP contribution >= 0.6 is 0 Å². The van der Waals surface area contributed by atoms with Crippen molar-refractivity contribution in [3.8, 4) is 0 Å². The van der Waals surface area contributed by atoms with E-state index in [9.17, 15) is 8.42 Å². The molecule has 7 nitrogen and oxygen atoms in total. The van der Waals surface area contributed by atoms with E-state index in [1.165, 1.54) is 10.4 Å². The SMILES string of the molecule is Nc1nc2c(o1)CN(S(=O)(=O)c1ccc[nH]1)CC2.